The molecule has 2 aromatic heterocycles. The third kappa shape index (κ3) is 4.74. The number of para-hydroxylation sites is 1. The van der Waals surface area contributed by atoms with Crippen molar-refractivity contribution in [2.75, 3.05) is 5.75 Å². The number of carbonyl (C=O) groups excluding carboxylic acids is 1. The largest absolute Gasteiger partial charge is 0.411 e. The van der Waals surface area contributed by atoms with Gasteiger partial charge >= 0.3 is 0 Å². The van der Waals surface area contributed by atoms with Crippen LogP contribution in [0.15, 0.2) is 70.4 Å². The molecule has 7 heteroatoms. The van der Waals surface area contributed by atoms with Crippen molar-refractivity contribution in [2.45, 2.75) is 31.5 Å². The van der Waals surface area contributed by atoms with Gasteiger partial charge in [-0.2, -0.15) is 0 Å². The van der Waals surface area contributed by atoms with Crippen LogP contribution in [-0.2, 0) is 4.79 Å². The van der Waals surface area contributed by atoms with Gasteiger partial charge in [0.1, 0.15) is 0 Å². The van der Waals surface area contributed by atoms with E-state index in [1.165, 1.54) is 11.8 Å². The minimum Gasteiger partial charge on any atom is -0.411 e. The molecule has 0 saturated carbocycles. The van der Waals surface area contributed by atoms with Crippen LogP contribution in [0.25, 0.3) is 22.4 Å². The Morgan fingerprint density at radius 2 is 1.87 bits per heavy atom. The summed E-state index contributed by atoms with van der Waals surface area (Å²) in [5, 5.41) is 12.8. The number of H-pyrrole nitrogens is 1. The molecular weight excluding hydrogens is 396 g/mol. The van der Waals surface area contributed by atoms with Crippen molar-refractivity contribution in [3.8, 4) is 11.5 Å². The van der Waals surface area contributed by atoms with Crippen LogP contribution in [0.3, 0.4) is 0 Å². The lowest BCUT2D eigenvalue weighted by atomic mass is 9.97. The summed E-state index contributed by atoms with van der Waals surface area (Å²) < 4.78 is 5.78. The fourth-order valence-electron chi connectivity index (χ4n) is 3.42. The Labute approximate surface area is 179 Å². The number of hydrogen-bond acceptors (Lipinski definition) is 5. The molecule has 2 heterocycles. The van der Waals surface area contributed by atoms with E-state index < -0.39 is 0 Å². The molecule has 30 heavy (non-hydrogen) atoms. The van der Waals surface area contributed by atoms with Gasteiger partial charge in [-0.3, -0.25) is 4.79 Å². The number of nitrogens with one attached hydrogen (secondary N) is 2. The van der Waals surface area contributed by atoms with Gasteiger partial charge in [0.05, 0.1) is 17.4 Å². The van der Waals surface area contributed by atoms with Crippen LogP contribution >= 0.6 is 11.8 Å². The number of carbonyl (C=O) groups is 1. The van der Waals surface area contributed by atoms with E-state index in [2.05, 4.69) is 34.3 Å². The number of thioether (sulfide) groups is 1. The third-order valence-electron chi connectivity index (χ3n) is 4.80. The van der Waals surface area contributed by atoms with E-state index in [0.717, 1.165) is 28.5 Å². The molecule has 2 aromatic carbocycles. The summed E-state index contributed by atoms with van der Waals surface area (Å²) in [6.07, 6.45) is 2.74. The van der Waals surface area contributed by atoms with Gasteiger partial charge in [0.25, 0.3) is 11.1 Å². The van der Waals surface area contributed by atoms with Crippen LogP contribution in [0.5, 0.6) is 0 Å². The normalized spacial score (nSPS) is 12.4. The predicted molar refractivity (Wildman–Crippen MR) is 119 cm³/mol. The average Bonchev–Trinajstić information content (AvgIpc) is 3.39. The van der Waals surface area contributed by atoms with E-state index >= 15 is 0 Å². The maximum Gasteiger partial charge on any atom is 0.277 e. The molecule has 0 radical (unpaired) electrons. The fourth-order valence-corrected chi connectivity index (χ4v) is 4.00. The summed E-state index contributed by atoms with van der Waals surface area (Å²) in [5.74, 6) is 1.08. The quantitative estimate of drug-likeness (QED) is 0.382. The lowest BCUT2D eigenvalue weighted by Crippen LogP contribution is -2.30. The fraction of sp³-hybridized carbons (Fsp3) is 0.261. The standard InChI is InChI=1S/C23H24N4O2S/c1-15(2)12-20(16-8-4-3-5-9-16)25-21(28)14-30-23-27-26-22(29-23)18-13-24-19-11-7-6-10-17(18)19/h3-11,13,15,20,24H,12,14H2,1-2H3,(H,25,28)/t20-/m1/s1. The summed E-state index contributed by atoms with van der Waals surface area (Å²) in [5.41, 5.74) is 2.98. The molecule has 154 valence electrons. The van der Waals surface area contributed by atoms with Gasteiger partial charge in [-0.25, -0.2) is 0 Å². The molecule has 0 spiro atoms. The molecule has 1 amide bonds. The monoisotopic (exact) mass is 420 g/mol. The molecule has 1 atom stereocenters. The van der Waals surface area contributed by atoms with Gasteiger partial charge in [0.15, 0.2) is 0 Å². The molecule has 0 bridgehead atoms. The smallest absolute Gasteiger partial charge is 0.277 e. The summed E-state index contributed by atoms with van der Waals surface area (Å²) in [4.78, 5) is 15.8. The van der Waals surface area contributed by atoms with Crippen molar-refractivity contribution in [3.05, 3.63) is 66.4 Å². The maximum atomic E-state index is 12.6. The highest BCUT2D eigenvalue weighted by molar-refractivity contribution is 7.99. The molecule has 2 N–H and O–H groups in total. The number of rotatable bonds is 8. The zero-order valence-corrected chi connectivity index (χ0v) is 17.8. The van der Waals surface area contributed by atoms with Crippen LogP contribution in [0.4, 0.5) is 0 Å². The minimum absolute atomic E-state index is 0.0104. The third-order valence-corrected chi connectivity index (χ3v) is 5.62. The minimum atomic E-state index is -0.0543. The Bertz CT molecular complexity index is 1120. The number of amides is 1. The van der Waals surface area contributed by atoms with Crippen molar-refractivity contribution < 1.29 is 9.21 Å². The molecule has 0 saturated heterocycles. The van der Waals surface area contributed by atoms with Crippen LogP contribution in [0, 0.1) is 5.92 Å². The van der Waals surface area contributed by atoms with Crippen LogP contribution in [-0.4, -0.2) is 26.8 Å². The lowest BCUT2D eigenvalue weighted by Gasteiger charge is -2.21. The van der Waals surface area contributed by atoms with Crippen LogP contribution in [0.2, 0.25) is 0 Å². The van der Waals surface area contributed by atoms with Gasteiger partial charge in [0.2, 0.25) is 5.91 Å². The lowest BCUT2D eigenvalue weighted by molar-refractivity contribution is -0.119. The van der Waals surface area contributed by atoms with Gasteiger partial charge in [-0.05, 0) is 24.0 Å². The molecule has 0 aliphatic rings. The first-order valence-corrected chi connectivity index (χ1v) is 11.0. The van der Waals surface area contributed by atoms with Crippen molar-refractivity contribution in [1.82, 2.24) is 20.5 Å². The number of hydrogen-bond donors (Lipinski definition) is 2. The van der Waals surface area contributed by atoms with Crippen molar-refractivity contribution in [2.24, 2.45) is 5.92 Å². The Hall–Kier alpha value is -3.06. The summed E-state index contributed by atoms with van der Waals surface area (Å²) in [7, 11) is 0. The maximum absolute atomic E-state index is 12.6. The van der Waals surface area contributed by atoms with E-state index in [-0.39, 0.29) is 17.7 Å². The second kappa shape index (κ2) is 9.17. The first kappa shape index (κ1) is 20.2. The molecule has 6 nitrogen and oxygen atoms in total. The summed E-state index contributed by atoms with van der Waals surface area (Å²) in [6.45, 7) is 4.31. The Kier molecular flexibility index (Phi) is 6.18. The number of benzene rings is 2. The number of aromatic amines is 1. The molecule has 4 aromatic rings. The van der Waals surface area contributed by atoms with Crippen molar-refractivity contribution in [1.29, 1.82) is 0 Å². The molecule has 0 unspecified atom stereocenters. The van der Waals surface area contributed by atoms with E-state index in [1.54, 1.807) is 0 Å². The molecular formula is C23H24N4O2S. The van der Waals surface area contributed by atoms with E-state index in [0.29, 0.717) is 17.0 Å². The zero-order valence-electron chi connectivity index (χ0n) is 17.0. The number of aromatic nitrogens is 3. The van der Waals surface area contributed by atoms with Gasteiger partial charge in [-0.15, -0.1) is 10.2 Å². The van der Waals surface area contributed by atoms with E-state index in [9.17, 15) is 4.79 Å². The highest BCUT2D eigenvalue weighted by atomic mass is 32.2. The molecule has 0 aliphatic heterocycles. The number of fused-ring (bicyclic) bond motifs is 1. The highest BCUT2D eigenvalue weighted by Crippen LogP contribution is 2.29. The Morgan fingerprint density at radius 1 is 1.10 bits per heavy atom. The first-order chi connectivity index (χ1) is 14.6. The Balaban J connectivity index is 1.39. The first-order valence-electron chi connectivity index (χ1n) is 9.97. The Morgan fingerprint density at radius 3 is 2.67 bits per heavy atom. The van der Waals surface area contributed by atoms with Gasteiger partial charge < -0.3 is 14.7 Å². The summed E-state index contributed by atoms with van der Waals surface area (Å²) in [6, 6.07) is 18.0. The summed E-state index contributed by atoms with van der Waals surface area (Å²) >= 11 is 1.25. The number of nitrogens with zero attached hydrogens (tertiary/aromatic N) is 2. The van der Waals surface area contributed by atoms with E-state index in [4.69, 9.17) is 4.42 Å². The van der Waals surface area contributed by atoms with Crippen molar-refractivity contribution >= 4 is 28.6 Å². The molecule has 0 aliphatic carbocycles. The van der Waals surface area contributed by atoms with Gasteiger partial charge in [-0.1, -0.05) is 74.1 Å². The van der Waals surface area contributed by atoms with Crippen LogP contribution in [0.1, 0.15) is 31.9 Å². The van der Waals surface area contributed by atoms with E-state index in [1.807, 2.05) is 60.8 Å². The van der Waals surface area contributed by atoms with Gasteiger partial charge in [0, 0.05) is 17.1 Å². The molecule has 4 rings (SSSR count). The highest BCUT2D eigenvalue weighted by Gasteiger charge is 2.18. The topological polar surface area (TPSA) is 83.8 Å². The van der Waals surface area contributed by atoms with Crippen LogP contribution < -0.4 is 5.32 Å². The zero-order chi connectivity index (χ0) is 20.9. The SMILES string of the molecule is CC(C)C[C@@H](NC(=O)CSc1nnc(-c2c[nH]c3ccccc23)o1)c1ccccc1. The second-order valence-corrected chi connectivity index (χ2v) is 8.50. The average molecular weight is 421 g/mol. The van der Waals surface area contributed by atoms with Crippen molar-refractivity contribution in [3.63, 3.8) is 0 Å². The molecule has 0 fully saturated rings. The second-order valence-electron chi connectivity index (χ2n) is 7.57. The predicted octanol–water partition coefficient (Wildman–Crippen LogP) is 5.21.